The Hall–Kier alpha value is -3.26. The summed E-state index contributed by atoms with van der Waals surface area (Å²) in [5, 5.41) is 6.96. The van der Waals surface area contributed by atoms with E-state index < -0.39 is 0 Å². The van der Waals surface area contributed by atoms with Crippen LogP contribution in [0, 0.1) is 19.7 Å². The number of aryl methyl sites for hydroxylation is 1. The SMILES string of the molecule is Cc1cc(C2C(c3ccccn3)NC(=S)N2CCC(=O)Nc2ccc(F)cc2)c(C)n1C1CCCC1. The summed E-state index contributed by atoms with van der Waals surface area (Å²) in [6.07, 6.45) is 7.04. The van der Waals surface area contributed by atoms with Crippen LogP contribution in [0.2, 0.25) is 0 Å². The zero-order chi connectivity index (χ0) is 25.2. The molecule has 0 bridgehead atoms. The van der Waals surface area contributed by atoms with E-state index in [0.717, 1.165) is 5.69 Å². The average molecular weight is 506 g/mol. The first-order chi connectivity index (χ1) is 17.4. The normalized spacial score (nSPS) is 20.1. The van der Waals surface area contributed by atoms with E-state index in [1.54, 1.807) is 18.3 Å². The number of carbonyl (C=O) groups is 1. The maximum atomic E-state index is 13.2. The van der Waals surface area contributed by atoms with Crippen LogP contribution in [0.25, 0.3) is 0 Å². The zero-order valence-corrected chi connectivity index (χ0v) is 21.5. The fourth-order valence-corrected chi connectivity index (χ4v) is 6.12. The van der Waals surface area contributed by atoms with Crippen LogP contribution in [-0.4, -0.2) is 32.0 Å². The van der Waals surface area contributed by atoms with Gasteiger partial charge >= 0.3 is 0 Å². The number of anilines is 1. The largest absolute Gasteiger partial charge is 0.352 e. The number of hydrogen-bond acceptors (Lipinski definition) is 3. The van der Waals surface area contributed by atoms with Gasteiger partial charge in [-0.2, -0.15) is 0 Å². The van der Waals surface area contributed by atoms with Crippen molar-refractivity contribution in [3.05, 3.63) is 83.2 Å². The molecule has 1 aliphatic carbocycles. The Bertz CT molecular complexity index is 1240. The van der Waals surface area contributed by atoms with E-state index in [9.17, 15) is 9.18 Å². The lowest BCUT2D eigenvalue weighted by molar-refractivity contribution is -0.116. The van der Waals surface area contributed by atoms with Crippen molar-refractivity contribution in [1.82, 2.24) is 19.8 Å². The molecule has 2 fully saturated rings. The topological polar surface area (TPSA) is 62.2 Å². The first-order valence-corrected chi connectivity index (χ1v) is 13.0. The third-order valence-corrected chi connectivity index (χ3v) is 7.79. The van der Waals surface area contributed by atoms with Crippen LogP contribution in [0.5, 0.6) is 0 Å². The highest BCUT2D eigenvalue weighted by molar-refractivity contribution is 7.80. The van der Waals surface area contributed by atoms with Crippen molar-refractivity contribution >= 4 is 28.9 Å². The molecule has 1 saturated carbocycles. The molecule has 8 heteroatoms. The molecule has 1 aliphatic heterocycles. The van der Waals surface area contributed by atoms with E-state index in [2.05, 4.69) is 45.0 Å². The summed E-state index contributed by atoms with van der Waals surface area (Å²) in [6, 6.07) is 14.4. The molecular weight excluding hydrogens is 473 g/mol. The maximum absolute atomic E-state index is 13.2. The number of nitrogens with zero attached hydrogens (tertiary/aromatic N) is 3. The highest BCUT2D eigenvalue weighted by Gasteiger charge is 2.41. The van der Waals surface area contributed by atoms with Crippen molar-refractivity contribution in [1.29, 1.82) is 0 Å². The van der Waals surface area contributed by atoms with Crippen molar-refractivity contribution in [3.63, 3.8) is 0 Å². The number of amides is 1. The number of benzene rings is 1. The van der Waals surface area contributed by atoms with Gasteiger partial charge in [0, 0.05) is 42.3 Å². The van der Waals surface area contributed by atoms with Crippen LogP contribution in [0.4, 0.5) is 10.1 Å². The van der Waals surface area contributed by atoms with Crippen LogP contribution in [0.3, 0.4) is 0 Å². The zero-order valence-electron chi connectivity index (χ0n) is 20.7. The molecular formula is C28H32FN5OS. The molecule has 188 valence electrons. The van der Waals surface area contributed by atoms with Gasteiger partial charge in [0.2, 0.25) is 5.91 Å². The fraction of sp³-hybridized carbons (Fsp3) is 0.393. The molecule has 1 amide bonds. The first kappa shape index (κ1) is 24.4. The van der Waals surface area contributed by atoms with E-state index in [1.807, 2.05) is 18.2 Å². The minimum atomic E-state index is -0.333. The Morgan fingerprint density at radius 2 is 1.92 bits per heavy atom. The smallest absolute Gasteiger partial charge is 0.226 e. The van der Waals surface area contributed by atoms with Gasteiger partial charge in [-0.15, -0.1) is 0 Å². The predicted molar refractivity (Wildman–Crippen MR) is 143 cm³/mol. The molecule has 6 nitrogen and oxygen atoms in total. The summed E-state index contributed by atoms with van der Waals surface area (Å²) in [6.45, 7) is 4.85. The second kappa shape index (κ2) is 10.4. The Balaban J connectivity index is 1.42. The number of thiocarbonyl (C=S) groups is 1. The lowest BCUT2D eigenvalue weighted by Gasteiger charge is -2.28. The van der Waals surface area contributed by atoms with Crippen molar-refractivity contribution in [2.75, 3.05) is 11.9 Å². The van der Waals surface area contributed by atoms with Gasteiger partial charge in [-0.25, -0.2) is 4.39 Å². The second-order valence-corrected chi connectivity index (χ2v) is 10.1. The predicted octanol–water partition coefficient (Wildman–Crippen LogP) is 5.76. The Morgan fingerprint density at radius 3 is 2.61 bits per heavy atom. The molecule has 2 aromatic heterocycles. The number of pyridine rings is 1. The summed E-state index contributed by atoms with van der Waals surface area (Å²) >= 11 is 5.79. The Kier molecular flexibility index (Phi) is 7.05. The number of nitrogens with one attached hydrogen (secondary N) is 2. The van der Waals surface area contributed by atoms with Gasteiger partial charge in [0.25, 0.3) is 0 Å². The standard InChI is InChI=1S/C28H32FN5OS/c1-18-17-23(19(2)34(18)22-7-3-4-8-22)27-26(24-9-5-6-15-30-24)32-28(36)33(27)16-14-25(35)31-21-12-10-20(29)11-13-21/h5-6,9-13,15,17,22,26-27H,3-4,7-8,14,16H2,1-2H3,(H,31,35)(H,32,36). The Morgan fingerprint density at radius 1 is 1.17 bits per heavy atom. The summed E-state index contributed by atoms with van der Waals surface area (Å²) in [4.78, 5) is 19.5. The molecule has 2 aliphatic rings. The van der Waals surface area contributed by atoms with Gasteiger partial charge in [-0.1, -0.05) is 18.9 Å². The summed E-state index contributed by atoms with van der Waals surface area (Å²) in [7, 11) is 0. The lowest BCUT2D eigenvalue weighted by Crippen LogP contribution is -2.33. The van der Waals surface area contributed by atoms with E-state index in [1.165, 1.54) is 54.8 Å². The van der Waals surface area contributed by atoms with E-state index in [0.29, 0.717) is 23.4 Å². The quantitative estimate of drug-likeness (QED) is 0.400. The van der Waals surface area contributed by atoms with Crippen molar-refractivity contribution < 1.29 is 9.18 Å². The van der Waals surface area contributed by atoms with Gasteiger partial charge < -0.3 is 20.1 Å². The number of aromatic nitrogens is 2. The fourth-order valence-electron chi connectivity index (χ4n) is 5.79. The molecule has 2 N–H and O–H groups in total. The second-order valence-electron chi connectivity index (χ2n) is 9.76. The van der Waals surface area contributed by atoms with Gasteiger partial charge in [-0.3, -0.25) is 9.78 Å². The highest BCUT2D eigenvalue weighted by Crippen LogP contribution is 2.43. The minimum absolute atomic E-state index is 0.0765. The van der Waals surface area contributed by atoms with Gasteiger partial charge in [-0.05, 0) is 86.9 Å². The van der Waals surface area contributed by atoms with Gasteiger partial charge in [0.15, 0.2) is 5.11 Å². The van der Waals surface area contributed by atoms with E-state index in [4.69, 9.17) is 12.2 Å². The summed E-state index contributed by atoms with van der Waals surface area (Å²) in [5.74, 6) is -0.471. The van der Waals surface area contributed by atoms with Gasteiger partial charge in [0.1, 0.15) is 5.82 Å². The average Bonchev–Trinajstić information content (AvgIpc) is 3.58. The van der Waals surface area contributed by atoms with Crippen molar-refractivity contribution in [2.24, 2.45) is 0 Å². The molecule has 3 aromatic rings. The van der Waals surface area contributed by atoms with Crippen LogP contribution in [-0.2, 0) is 4.79 Å². The molecule has 0 spiro atoms. The van der Waals surface area contributed by atoms with Gasteiger partial charge in [0.05, 0.1) is 17.8 Å². The van der Waals surface area contributed by atoms with Crippen LogP contribution in [0.1, 0.15) is 72.9 Å². The van der Waals surface area contributed by atoms with Crippen molar-refractivity contribution in [2.45, 2.75) is 64.1 Å². The molecule has 2 atom stereocenters. The molecule has 36 heavy (non-hydrogen) atoms. The third kappa shape index (κ3) is 4.87. The molecule has 1 saturated heterocycles. The molecule has 0 radical (unpaired) electrons. The molecule has 5 rings (SSSR count). The van der Waals surface area contributed by atoms with Crippen molar-refractivity contribution in [3.8, 4) is 0 Å². The van der Waals surface area contributed by atoms with E-state index >= 15 is 0 Å². The minimum Gasteiger partial charge on any atom is -0.352 e. The molecule has 2 unspecified atom stereocenters. The van der Waals surface area contributed by atoms with Crippen LogP contribution in [0.15, 0.2) is 54.7 Å². The third-order valence-electron chi connectivity index (χ3n) is 7.44. The molecule has 3 heterocycles. The summed E-state index contributed by atoms with van der Waals surface area (Å²) < 4.78 is 15.7. The Labute approximate surface area is 216 Å². The first-order valence-electron chi connectivity index (χ1n) is 12.6. The highest BCUT2D eigenvalue weighted by atomic mass is 32.1. The van der Waals surface area contributed by atoms with E-state index in [-0.39, 0.29) is 30.2 Å². The number of hydrogen-bond donors (Lipinski definition) is 2. The maximum Gasteiger partial charge on any atom is 0.226 e. The number of halogens is 1. The summed E-state index contributed by atoms with van der Waals surface area (Å²) in [5.41, 5.74) is 5.25. The monoisotopic (exact) mass is 505 g/mol. The molecule has 1 aromatic carbocycles. The van der Waals surface area contributed by atoms with Crippen LogP contribution >= 0.6 is 12.2 Å². The van der Waals surface area contributed by atoms with Crippen LogP contribution < -0.4 is 10.6 Å². The lowest BCUT2D eigenvalue weighted by atomic mass is 9.96. The number of rotatable bonds is 7. The number of carbonyl (C=O) groups excluding carboxylic acids is 1.